The third-order valence-corrected chi connectivity index (χ3v) is 12.2. The van der Waals surface area contributed by atoms with Gasteiger partial charge in [-0.2, -0.15) is 0 Å². The third-order valence-electron chi connectivity index (χ3n) is 12.2. The maximum Gasteiger partial charge on any atom is 0.407 e. The van der Waals surface area contributed by atoms with E-state index >= 15 is 0 Å². The Labute approximate surface area is 343 Å². The average molecular weight is 801 g/mol. The minimum absolute atomic E-state index is 0.0972. The van der Waals surface area contributed by atoms with E-state index in [1.54, 1.807) is 4.90 Å². The Hall–Kier alpha value is -6.18. The number of fused-ring (bicyclic) bond motifs is 4. The maximum absolute atomic E-state index is 14.0. The highest BCUT2D eigenvalue weighted by atomic mass is 16.5. The largest absolute Gasteiger partial charge is 0.453 e. The predicted molar refractivity (Wildman–Crippen MR) is 224 cm³/mol. The van der Waals surface area contributed by atoms with Gasteiger partial charge in [0.2, 0.25) is 11.8 Å². The van der Waals surface area contributed by atoms with E-state index in [0.29, 0.717) is 18.3 Å². The van der Waals surface area contributed by atoms with Gasteiger partial charge in [0.05, 0.1) is 43.2 Å². The smallest absolute Gasteiger partial charge is 0.407 e. The summed E-state index contributed by atoms with van der Waals surface area (Å²) in [5, 5.41) is 7.62. The van der Waals surface area contributed by atoms with Crippen LogP contribution in [0.1, 0.15) is 77.6 Å². The number of carbonyl (C=O) groups is 4. The summed E-state index contributed by atoms with van der Waals surface area (Å²) >= 11 is 0. The van der Waals surface area contributed by atoms with Crippen LogP contribution >= 0.6 is 0 Å². The van der Waals surface area contributed by atoms with Crippen molar-refractivity contribution in [1.29, 1.82) is 0 Å². The van der Waals surface area contributed by atoms with Crippen molar-refractivity contribution < 1.29 is 28.7 Å². The van der Waals surface area contributed by atoms with Gasteiger partial charge in [-0.3, -0.25) is 9.59 Å². The highest BCUT2D eigenvalue weighted by Gasteiger charge is 2.51. The molecule has 3 aromatic carbocycles. The summed E-state index contributed by atoms with van der Waals surface area (Å²) < 4.78 is 9.62. The number of aromatic amines is 2. The van der Waals surface area contributed by atoms with E-state index in [0.717, 1.165) is 74.9 Å². The van der Waals surface area contributed by atoms with E-state index < -0.39 is 30.3 Å². The fourth-order valence-corrected chi connectivity index (χ4v) is 9.19. The number of ether oxygens (including phenoxy) is 2. The predicted octanol–water partition coefficient (Wildman–Crippen LogP) is 7.42. The van der Waals surface area contributed by atoms with E-state index in [1.165, 1.54) is 14.2 Å². The summed E-state index contributed by atoms with van der Waals surface area (Å²) in [6.45, 7) is 10.1. The first kappa shape index (κ1) is 39.6. The number of aromatic nitrogens is 4. The van der Waals surface area contributed by atoms with Crippen LogP contribution in [0.3, 0.4) is 0 Å². The summed E-state index contributed by atoms with van der Waals surface area (Å²) in [5.41, 5.74) is 6.64. The molecule has 8 rings (SSSR count). The number of hydrogen-bond acceptors (Lipinski definition) is 8. The van der Waals surface area contributed by atoms with E-state index in [2.05, 4.69) is 69.1 Å². The molecule has 1 saturated carbocycles. The molecule has 59 heavy (non-hydrogen) atoms. The Bertz CT molecular complexity index is 2470. The van der Waals surface area contributed by atoms with E-state index in [9.17, 15) is 19.2 Å². The number of nitrogens with one attached hydrogen (secondary N) is 4. The quantitative estimate of drug-likeness (QED) is 0.106. The van der Waals surface area contributed by atoms with Crippen molar-refractivity contribution in [2.75, 3.05) is 20.8 Å². The molecule has 5 aromatic rings. The van der Waals surface area contributed by atoms with Gasteiger partial charge in [0.15, 0.2) is 0 Å². The van der Waals surface area contributed by atoms with Gasteiger partial charge in [-0.05, 0) is 90.1 Å². The van der Waals surface area contributed by atoms with Crippen LogP contribution in [0.15, 0.2) is 72.4 Å². The minimum Gasteiger partial charge on any atom is -0.453 e. The summed E-state index contributed by atoms with van der Waals surface area (Å²) in [6.07, 6.45) is 5.54. The summed E-state index contributed by atoms with van der Waals surface area (Å²) in [7, 11) is 2.59. The Kier molecular flexibility index (Phi) is 10.7. The van der Waals surface area contributed by atoms with E-state index in [-0.39, 0.29) is 35.7 Å². The number of methoxy groups -OCH3 is 2. The Morgan fingerprint density at radius 2 is 1.41 bits per heavy atom. The normalized spacial score (nSPS) is 21.0. The van der Waals surface area contributed by atoms with Gasteiger partial charge in [-0.25, -0.2) is 19.6 Å². The molecule has 14 heteroatoms. The minimum atomic E-state index is -0.738. The molecule has 2 aromatic heterocycles. The zero-order valence-electron chi connectivity index (χ0n) is 34.5. The van der Waals surface area contributed by atoms with Crippen molar-refractivity contribution in [3.8, 4) is 22.4 Å². The Morgan fingerprint density at radius 3 is 2.08 bits per heavy atom. The molecular formula is C45H52N8O6. The zero-order chi connectivity index (χ0) is 41.7. The summed E-state index contributed by atoms with van der Waals surface area (Å²) in [6, 6.07) is 17.0. The number of hydrogen-bond donors (Lipinski definition) is 4. The van der Waals surface area contributed by atoms with Gasteiger partial charge in [-0.1, -0.05) is 69.7 Å². The first-order chi connectivity index (χ1) is 28.3. The fraction of sp³-hybridized carbons (Fsp3) is 0.422. The van der Waals surface area contributed by atoms with Crippen LogP contribution in [0, 0.1) is 17.8 Å². The molecule has 2 fully saturated rings. The molecule has 2 bridgehead atoms. The molecule has 0 spiro atoms. The molecule has 308 valence electrons. The second-order valence-electron chi connectivity index (χ2n) is 16.9. The lowest BCUT2D eigenvalue weighted by atomic mass is 9.95. The van der Waals surface area contributed by atoms with Crippen LogP contribution < -0.4 is 10.6 Å². The second kappa shape index (κ2) is 15.9. The maximum atomic E-state index is 14.0. The lowest BCUT2D eigenvalue weighted by Crippen LogP contribution is -2.54. The van der Waals surface area contributed by atoms with Gasteiger partial charge < -0.3 is 39.9 Å². The molecular weight excluding hydrogens is 749 g/mol. The monoisotopic (exact) mass is 800 g/mol. The number of rotatable bonds is 10. The second-order valence-corrected chi connectivity index (χ2v) is 16.9. The fourth-order valence-electron chi connectivity index (χ4n) is 9.19. The molecule has 4 amide bonds. The molecule has 2 aliphatic heterocycles. The van der Waals surface area contributed by atoms with Crippen LogP contribution in [0.5, 0.6) is 0 Å². The van der Waals surface area contributed by atoms with Crippen molar-refractivity contribution >= 4 is 45.8 Å². The molecule has 4 N–H and O–H groups in total. The van der Waals surface area contributed by atoms with Crippen molar-refractivity contribution in [2.45, 2.75) is 84.1 Å². The van der Waals surface area contributed by atoms with Crippen LogP contribution in [0.25, 0.3) is 44.2 Å². The van der Waals surface area contributed by atoms with Gasteiger partial charge in [0.1, 0.15) is 29.8 Å². The van der Waals surface area contributed by atoms with Crippen molar-refractivity contribution in [2.24, 2.45) is 17.8 Å². The van der Waals surface area contributed by atoms with Crippen LogP contribution in [0.2, 0.25) is 0 Å². The van der Waals surface area contributed by atoms with Gasteiger partial charge in [0.25, 0.3) is 0 Å². The molecule has 0 unspecified atom stereocenters. The Morgan fingerprint density at radius 1 is 0.780 bits per heavy atom. The van der Waals surface area contributed by atoms with Gasteiger partial charge >= 0.3 is 12.2 Å². The number of nitrogens with zero attached hydrogens (tertiary/aromatic N) is 4. The molecule has 3 aliphatic rings. The van der Waals surface area contributed by atoms with Crippen molar-refractivity contribution in [1.82, 2.24) is 40.4 Å². The molecule has 14 nitrogen and oxygen atoms in total. The SMILES string of the molecule is COC(=O)N[C@H](C(=O)N1CC(C)=C[C@H]1c1nc2ccc(-c3ccc4cc(-c5cnc([C@@H]6[C@@H]7CC[C@@H](C7)N6C(=O)[C@@H](NC(=O)OC)C(C)C)[nH]5)ccc4c3)cc2[nH]1)C(C)C. The highest BCUT2D eigenvalue weighted by molar-refractivity contribution is 5.92. The van der Waals surface area contributed by atoms with Crippen LogP contribution in [-0.2, 0) is 19.1 Å². The standard InChI is InChI=1S/C45H52N8O6/c1-23(2)37(50-44(56)58-6)42(54)52-22-25(5)16-36(52)40-47-33-15-13-29(20-34(33)48-40)27-8-9-28-18-30(11-10-26(28)17-27)35-21-46-41(49-35)39-31-12-14-32(19-31)53(39)43(55)38(24(3)4)51-45(57)59-7/h8-11,13,15-18,20-21,23-24,31-32,36-39H,12,14,19,22H2,1-7H3,(H,46,49)(H,47,48)(H,50,56)(H,51,57)/t31-,32+,36+,37+,38+,39+/m1/s1. The van der Waals surface area contributed by atoms with Crippen molar-refractivity contribution in [3.05, 3.63) is 84.1 Å². The first-order valence-electron chi connectivity index (χ1n) is 20.4. The van der Waals surface area contributed by atoms with Crippen LogP contribution in [0.4, 0.5) is 9.59 Å². The zero-order valence-corrected chi connectivity index (χ0v) is 34.5. The van der Waals surface area contributed by atoms with Gasteiger partial charge in [-0.15, -0.1) is 0 Å². The van der Waals surface area contributed by atoms with Crippen molar-refractivity contribution in [3.63, 3.8) is 0 Å². The molecule has 1 aliphatic carbocycles. The number of amides is 4. The molecule has 6 atom stereocenters. The van der Waals surface area contributed by atoms with Gasteiger partial charge in [0, 0.05) is 18.2 Å². The summed E-state index contributed by atoms with van der Waals surface area (Å²) in [4.78, 5) is 72.4. The Balaban J connectivity index is 1.01. The average Bonchev–Trinajstić information content (AvgIpc) is 4.09. The van der Waals surface area contributed by atoms with Crippen LogP contribution in [-0.4, -0.2) is 92.6 Å². The number of carbonyl (C=O) groups excluding carboxylic acids is 4. The van der Waals surface area contributed by atoms with E-state index in [4.69, 9.17) is 19.4 Å². The number of imidazole rings is 2. The number of alkyl carbamates (subject to hydrolysis) is 2. The summed E-state index contributed by atoms with van der Waals surface area (Å²) in [5.74, 6) is 1.19. The lowest BCUT2D eigenvalue weighted by Gasteiger charge is -2.37. The molecule has 0 radical (unpaired) electrons. The number of H-pyrrole nitrogens is 2. The topological polar surface area (TPSA) is 175 Å². The highest BCUT2D eigenvalue weighted by Crippen LogP contribution is 2.50. The lowest BCUT2D eigenvalue weighted by molar-refractivity contribution is -0.139. The number of benzene rings is 3. The molecule has 1 saturated heterocycles. The third kappa shape index (κ3) is 7.52. The molecule has 4 heterocycles. The number of piperidine rings is 1. The van der Waals surface area contributed by atoms with E-state index in [1.807, 2.05) is 57.9 Å². The number of likely N-dealkylation sites (tertiary alicyclic amines) is 1. The first-order valence-corrected chi connectivity index (χ1v) is 20.4.